The summed E-state index contributed by atoms with van der Waals surface area (Å²) >= 11 is 0. The van der Waals surface area contributed by atoms with Gasteiger partial charge in [-0.15, -0.1) is 0 Å². The maximum atomic E-state index is 12.4. The molecule has 0 aliphatic carbocycles. The predicted octanol–water partition coefficient (Wildman–Crippen LogP) is 2.11. The molecule has 0 bridgehead atoms. The number of hydrogen-bond donors (Lipinski definition) is 0. The quantitative estimate of drug-likeness (QED) is 0.717. The molecular weight excluding hydrogens is 258 g/mol. The third-order valence-electron chi connectivity index (χ3n) is 2.93. The van der Waals surface area contributed by atoms with Gasteiger partial charge < -0.3 is 14.4 Å². The zero-order valence-electron chi connectivity index (χ0n) is 12.2. The number of rotatable bonds is 7. The molecule has 1 aromatic carbocycles. The highest BCUT2D eigenvalue weighted by molar-refractivity contribution is 5.94. The number of nitrogens with zero attached hydrogens (tertiary/aromatic N) is 1. The average molecular weight is 279 g/mol. The predicted molar refractivity (Wildman–Crippen MR) is 75.8 cm³/mol. The molecule has 5 heteroatoms. The normalized spacial score (nSPS) is 9.95. The van der Waals surface area contributed by atoms with E-state index in [2.05, 4.69) is 4.74 Å². The van der Waals surface area contributed by atoms with E-state index in [0.717, 1.165) is 6.42 Å². The highest BCUT2D eigenvalue weighted by Crippen LogP contribution is 2.13. The van der Waals surface area contributed by atoms with E-state index in [9.17, 15) is 9.59 Å². The van der Waals surface area contributed by atoms with Crippen LogP contribution in [-0.2, 0) is 9.53 Å². The lowest BCUT2D eigenvalue weighted by atomic mass is 10.2. The molecule has 0 aliphatic rings. The largest absolute Gasteiger partial charge is 0.497 e. The number of esters is 1. The number of hydrogen-bond acceptors (Lipinski definition) is 4. The Hall–Kier alpha value is -2.04. The van der Waals surface area contributed by atoms with Crippen LogP contribution in [0.25, 0.3) is 0 Å². The number of methoxy groups -OCH3 is 2. The van der Waals surface area contributed by atoms with Crippen molar-refractivity contribution >= 4 is 11.9 Å². The van der Waals surface area contributed by atoms with Crippen LogP contribution in [0.15, 0.2) is 24.3 Å². The third kappa shape index (κ3) is 4.57. The molecule has 20 heavy (non-hydrogen) atoms. The molecule has 1 rings (SSSR count). The minimum absolute atomic E-state index is 0.0848. The summed E-state index contributed by atoms with van der Waals surface area (Å²) in [6, 6.07) is 6.94. The SMILES string of the molecule is CCCN(CCC(=O)OC)C(=O)c1ccc(OC)cc1. The monoisotopic (exact) mass is 279 g/mol. The lowest BCUT2D eigenvalue weighted by Crippen LogP contribution is -2.33. The topological polar surface area (TPSA) is 55.8 Å². The summed E-state index contributed by atoms with van der Waals surface area (Å²) < 4.78 is 9.67. The van der Waals surface area contributed by atoms with Gasteiger partial charge in [0.2, 0.25) is 0 Å². The van der Waals surface area contributed by atoms with Crippen molar-refractivity contribution in [1.29, 1.82) is 0 Å². The molecule has 0 saturated heterocycles. The fourth-order valence-corrected chi connectivity index (χ4v) is 1.83. The van der Waals surface area contributed by atoms with Crippen molar-refractivity contribution < 1.29 is 19.1 Å². The third-order valence-corrected chi connectivity index (χ3v) is 2.93. The van der Waals surface area contributed by atoms with Crippen LogP contribution in [-0.4, -0.2) is 44.1 Å². The molecule has 110 valence electrons. The van der Waals surface area contributed by atoms with E-state index >= 15 is 0 Å². The summed E-state index contributed by atoms with van der Waals surface area (Å²) in [5.74, 6) is 0.310. The lowest BCUT2D eigenvalue weighted by molar-refractivity contribution is -0.140. The fraction of sp³-hybridized carbons (Fsp3) is 0.467. The van der Waals surface area contributed by atoms with Crippen LogP contribution >= 0.6 is 0 Å². The van der Waals surface area contributed by atoms with Crippen LogP contribution in [0.5, 0.6) is 5.75 Å². The van der Waals surface area contributed by atoms with Gasteiger partial charge in [-0.3, -0.25) is 9.59 Å². The van der Waals surface area contributed by atoms with Gasteiger partial charge in [-0.1, -0.05) is 6.92 Å². The zero-order chi connectivity index (χ0) is 15.0. The second-order valence-electron chi connectivity index (χ2n) is 4.35. The van der Waals surface area contributed by atoms with Gasteiger partial charge in [-0.2, -0.15) is 0 Å². The van der Waals surface area contributed by atoms with Crippen molar-refractivity contribution in [2.45, 2.75) is 19.8 Å². The van der Waals surface area contributed by atoms with Crippen LogP contribution in [0.1, 0.15) is 30.1 Å². The molecular formula is C15H21NO4. The molecule has 5 nitrogen and oxygen atoms in total. The number of ether oxygens (including phenoxy) is 2. The molecule has 0 fully saturated rings. The second-order valence-corrected chi connectivity index (χ2v) is 4.35. The Labute approximate surface area is 119 Å². The van der Waals surface area contributed by atoms with E-state index in [0.29, 0.717) is 24.4 Å². The van der Waals surface area contributed by atoms with Crippen molar-refractivity contribution in [3.8, 4) is 5.75 Å². The van der Waals surface area contributed by atoms with Gasteiger partial charge in [0.25, 0.3) is 5.91 Å². The van der Waals surface area contributed by atoms with E-state index in [1.54, 1.807) is 36.3 Å². The number of carbonyl (C=O) groups excluding carboxylic acids is 2. The molecule has 0 unspecified atom stereocenters. The van der Waals surface area contributed by atoms with Crippen LogP contribution in [0.4, 0.5) is 0 Å². The average Bonchev–Trinajstić information content (AvgIpc) is 2.50. The maximum absolute atomic E-state index is 12.4. The van der Waals surface area contributed by atoms with E-state index < -0.39 is 0 Å². The molecule has 0 heterocycles. The highest BCUT2D eigenvalue weighted by atomic mass is 16.5. The first-order chi connectivity index (χ1) is 9.62. The minimum Gasteiger partial charge on any atom is -0.497 e. The van der Waals surface area contributed by atoms with Crippen molar-refractivity contribution in [3.63, 3.8) is 0 Å². The molecule has 0 aliphatic heterocycles. The van der Waals surface area contributed by atoms with Gasteiger partial charge >= 0.3 is 5.97 Å². The highest BCUT2D eigenvalue weighted by Gasteiger charge is 2.16. The molecule has 1 aromatic rings. The Balaban J connectivity index is 2.73. The van der Waals surface area contributed by atoms with Crippen molar-refractivity contribution in [2.75, 3.05) is 27.3 Å². The van der Waals surface area contributed by atoms with Crippen molar-refractivity contribution in [1.82, 2.24) is 4.90 Å². The van der Waals surface area contributed by atoms with Gasteiger partial charge in [-0.05, 0) is 30.7 Å². The molecule has 0 atom stereocenters. The van der Waals surface area contributed by atoms with Gasteiger partial charge in [0.1, 0.15) is 5.75 Å². The first kappa shape index (κ1) is 16.0. The van der Waals surface area contributed by atoms with Crippen LogP contribution in [0, 0.1) is 0 Å². The Morgan fingerprint density at radius 1 is 1.10 bits per heavy atom. The first-order valence-electron chi connectivity index (χ1n) is 6.62. The first-order valence-corrected chi connectivity index (χ1v) is 6.62. The summed E-state index contributed by atoms with van der Waals surface area (Å²) in [5.41, 5.74) is 0.587. The molecule has 0 radical (unpaired) electrons. The maximum Gasteiger partial charge on any atom is 0.307 e. The zero-order valence-corrected chi connectivity index (χ0v) is 12.2. The Morgan fingerprint density at radius 3 is 2.25 bits per heavy atom. The van der Waals surface area contributed by atoms with E-state index in [-0.39, 0.29) is 18.3 Å². The lowest BCUT2D eigenvalue weighted by Gasteiger charge is -2.21. The molecule has 1 amide bonds. The Morgan fingerprint density at radius 2 is 1.75 bits per heavy atom. The molecule has 0 aromatic heterocycles. The van der Waals surface area contributed by atoms with Crippen LogP contribution in [0.2, 0.25) is 0 Å². The summed E-state index contributed by atoms with van der Waals surface area (Å²) in [6.45, 7) is 2.97. The van der Waals surface area contributed by atoms with Crippen molar-refractivity contribution in [3.05, 3.63) is 29.8 Å². The summed E-state index contributed by atoms with van der Waals surface area (Å²) in [5, 5.41) is 0. The van der Waals surface area contributed by atoms with E-state index in [1.165, 1.54) is 7.11 Å². The summed E-state index contributed by atoms with van der Waals surface area (Å²) in [4.78, 5) is 25.2. The Kier molecular flexibility index (Phi) is 6.56. The van der Waals surface area contributed by atoms with Gasteiger partial charge in [0, 0.05) is 18.7 Å². The number of carbonyl (C=O) groups is 2. The summed E-state index contributed by atoms with van der Waals surface area (Å²) in [6.07, 6.45) is 1.04. The van der Waals surface area contributed by atoms with Gasteiger partial charge in [0.05, 0.1) is 20.6 Å². The molecule has 0 saturated carbocycles. The smallest absolute Gasteiger partial charge is 0.307 e. The van der Waals surface area contributed by atoms with Crippen LogP contribution < -0.4 is 4.74 Å². The van der Waals surface area contributed by atoms with E-state index in [4.69, 9.17) is 4.74 Å². The molecule has 0 N–H and O–H groups in total. The summed E-state index contributed by atoms with van der Waals surface area (Å²) in [7, 11) is 2.92. The van der Waals surface area contributed by atoms with Crippen molar-refractivity contribution in [2.24, 2.45) is 0 Å². The van der Waals surface area contributed by atoms with Gasteiger partial charge in [-0.25, -0.2) is 0 Å². The standard InChI is InChI=1S/C15H21NO4/c1-4-10-16(11-9-14(17)20-3)15(18)12-5-7-13(19-2)8-6-12/h5-8H,4,9-11H2,1-3H3. The van der Waals surface area contributed by atoms with Gasteiger partial charge in [0.15, 0.2) is 0 Å². The molecule has 0 spiro atoms. The van der Waals surface area contributed by atoms with Crippen LogP contribution in [0.3, 0.4) is 0 Å². The van der Waals surface area contributed by atoms with E-state index in [1.807, 2.05) is 6.92 Å². The Bertz CT molecular complexity index is 442. The fourth-order valence-electron chi connectivity index (χ4n) is 1.83. The second kappa shape index (κ2) is 8.19. The number of benzene rings is 1. The minimum atomic E-state index is -0.311. The number of amides is 1.